The van der Waals surface area contributed by atoms with Gasteiger partial charge >= 0.3 is 6.18 Å². The lowest BCUT2D eigenvalue weighted by Gasteiger charge is -2.39. The van der Waals surface area contributed by atoms with Crippen LogP contribution in [0.4, 0.5) is 18.9 Å². The van der Waals surface area contributed by atoms with Gasteiger partial charge in [-0.15, -0.1) is 0 Å². The second-order valence-corrected chi connectivity index (χ2v) is 18.4. The summed E-state index contributed by atoms with van der Waals surface area (Å²) in [6, 6.07) is 6.41. The molecule has 1 aliphatic rings. The number of benzene rings is 1. The summed E-state index contributed by atoms with van der Waals surface area (Å²) >= 11 is 0. The minimum Gasteiger partial charge on any atom is -0.491 e. The molecule has 0 saturated carbocycles. The van der Waals surface area contributed by atoms with E-state index < -0.39 is 37.2 Å². The number of alkyl halides is 3. The van der Waals surface area contributed by atoms with Crippen molar-refractivity contribution in [2.75, 3.05) is 44.8 Å². The van der Waals surface area contributed by atoms with E-state index in [4.69, 9.17) is 13.9 Å². The zero-order valence-corrected chi connectivity index (χ0v) is 27.9. The van der Waals surface area contributed by atoms with Crippen LogP contribution in [0.1, 0.15) is 50.8 Å². The molecule has 14 heteroatoms. The van der Waals surface area contributed by atoms with E-state index in [2.05, 4.69) is 49.3 Å². The molecule has 2 amide bonds. The van der Waals surface area contributed by atoms with Crippen LogP contribution in [0.15, 0.2) is 36.5 Å². The van der Waals surface area contributed by atoms with E-state index in [-0.39, 0.29) is 35.5 Å². The molecule has 1 fully saturated rings. The number of anilines is 1. The van der Waals surface area contributed by atoms with E-state index in [1.54, 1.807) is 23.2 Å². The molecule has 3 heterocycles. The highest BCUT2D eigenvalue weighted by molar-refractivity contribution is 6.74. The van der Waals surface area contributed by atoms with Crippen molar-refractivity contribution in [3.8, 4) is 5.75 Å². The van der Waals surface area contributed by atoms with Crippen LogP contribution in [0.2, 0.25) is 18.1 Å². The Morgan fingerprint density at radius 1 is 1.04 bits per heavy atom. The monoisotopic (exact) mass is 649 g/mol. The van der Waals surface area contributed by atoms with Crippen molar-refractivity contribution >= 4 is 36.7 Å². The molecule has 2 aromatic heterocycles. The van der Waals surface area contributed by atoms with Crippen LogP contribution in [-0.4, -0.2) is 79.3 Å². The van der Waals surface area contributed by atoms with Gasteiger partial charge in [-0.1, -0.05) is 40.7 Å². The Kier molecular flexibility index (Phi) is 10.00. The molecule has 0 atom stereocenters. The Balaban J connectivity index is 1.60. The summed E-state index contributed by atoms with van der Waals surface area (Å²) in [5.41, 5.74) is -1.24. The van der Waals surface area contributed by atoms with Gasteiger partial charge < -0.3 is 24.1 Å². The highest BCUT2D eigenvalue weighted by atomic mass is 28.4. The maximum absolute atomic E-state index is 13.3. The van der Waals surface area contributed by atoms with Crippen LogP contribution in [0.5, 0.6) is 5.75 Å². The first-order chi connectivity index (χ1) is 20.8. The molecular formula is C31H42F3N5O5Si. The Bertz CT molecular complexity index is 1530. The summed E-state index contributed by atoms with van der Waals surface area (Å²) in [6.45, 7) is 17.5. The number of rotatable bonds is 10. The third-order valence-electron chi connectivity index (χ3n) is 8.08. The van der Waals surface area contributed by atoms with Gasteiger partial charge in [-0.3, -0.25) is 14.3 Å². The third-order valence-corrected chi connectivity index (χ3v) is 12.6. The number of amides is 2. The van der Waals surface area contributed by atoms with Crippen molar-refractivity contribution in [1.82, 2.24) is 19.7 Å². The maximum atomic E-state index is 13.3. The number of nitrogens with one attached hydrogen (secondary N) is 1. The summed E-state index contributed by atoms with van der Waals surface area (Å²) in [4.78, 5) is 31.2. The molecule has 0 spiro atoms. The van der Waals surface area contributed by atoms with Crippen LogP contribution in [-0.2, 0) is 26.7 Å². The molecule has 246 valence electrons. The number of nitrogens with zero attached hydrogens (tertiary/aromatic N) is 4. The van der Waals surface area contributed by atoms with Gasteiger partial charge in [-0.05, 0) is 36.3 Å². The van der Waals surface area contributed by atoms with Gasteiger partial charge in [0.05, 0.1) is 31.0 Å². The summed E-state index contributed by atoms with van der Waals surface area (Å²) in [6.07, 6.45) is -3.03. The van der Waals surface area contributed by atoms with Gasteiger partial charge in [-0.2, -0.15) is 18.3 Å². The van der Waals surface area contributed by atoms with Crippen LogP contribution >= 0.6 is 0 Å². The molecule has 3 aromatic rings. The number of pyridine rings is 1. The summed E-state index contributed by atoms with van der Waals surface area (Å²) < 4.78 is 59.3. The summed E-state index contributed by atoms with van der Waals surface area (Å²) in [7, 11) is -2.02. The predicted molar refractivity (Wildman–Crippen MR) is 167 cm³/mol. The Morgan fingerprint density at radius 2 is 1.73 bits per heavy atom. The molecule has 1 aliphatic heterocycles. The Morgan fingerprint density at radius 3 is 2.38 bits per heavy atom. The van der Waals surface area contributed by atoms with E-state index in [0.29, 0.717) is 43.8 Å². The first kappa shape index (κ1) is 34.4. The second kappa shape index (κ2) is 13.1. The molecule has 1 aromatic carbocycles. The maximum Gasteiger partial charge on any atom is 0.433 e. The van der Waals surface area contributed by atoms with Crippen molar-refractivity contribution < 1.29 is 36.7 Å². The first-order valence-corrected chi connectivity index (χ1v) is 17.7. The molecule has 0 bridgehead atoms. The molecule has 4 rings (SSSR count). The van der Waals surface area contributed by atoms with Gasteiger partial charge in [-0.25, -0.2) is 4.98 Å². The number of ether oxygens (including phenoxy) is 2. The fourth-order valence-corrected chi connectivity index (χ4v) is 5.45. The van der Waals surface area contributed by atoms with Crippen molar-refractivity contribution in [2.45, 2.75) is 65.5 Å². The second-order valence-electron chi connectivity index (χ2n) is 13.6. The minimum atomic E-state index is -4.70. The number of aromatic nitrogens is 3. The standard InChI is InChI=1S/C31H42F3N5O5Si/c1-29(2,3)45(6,7)44-20-30(4,5)19-43-25-16-23-21(17-39(37-23)18-27(40)38-11-13-42-14-12-38)15-24(25)36-28(41)22-9-8-10-26(35-22)31(32,33)34/h8-10,15-17H,11-14,18-20H2,1-7H3,(H,36,41). The fourth-order valence-electron chi connectivity index (χ4n) is 4.27. The molecule has 0 radical (unpaired) electrons. The van der Waals surface area contributed by atoms with Crippen LogP contribution in [0.25, 0.3) is 10.9 Å². The lowest BCUT2D eigenvalue weighted by atomic mass is 9.96. The average molecular weight is 650 g/mol. The number of fused-ring (bicyclic) bond motifs is 1. The largest absolute Gasteiger partial charge is 0.491 e. The molecular weight excluding hydrogens is 607 g/mol. The van der Waals surface area contributed by atoms with Crippen molar-refractivity contribution in [2.24, 2.45) is 5.41 Å². The van der Waals surface area contributed by atoms with Gasteiger partial charge in [0.25, 0.3) is 5.91 Å². The quantitative estimate of drug-likeness (QED) is 0.269. The highest BCUT2D eigenvalue weighted by Crippen LogP contribution is 2.38. The predicted octanol–water partition coefficient (Wildman–Crippen LogP) is 5.99. The SMILES string of the molecule is CC(C)(COc1cc2nn(CC(=O)N3CCOCC3)cc2cc1NC(=O)c1cccc(C(F)(F)F)n1)CO[Si](C)(C)C(C)(C)C. The fraction of sp³-hybridized carbons (Fsp3) is 0.548. The van der Waals surface area contributed by atoms with Crippen molar-refractivity contribution in [3.63, 3.8) is 0 Å². The van der Waals surface area contributed by atoms with Crippen LogP contribution < -0.4 is 10.1 Å². The molecule has 0 aliphatic carbocycles. The van der Waals surface area contributed by atoms with Crippen LogP contribution in [0, 0.1) is 5.41 Å². The number of morpholine rings is 1. The minimum absolute atomic E-state index is 0.0124. The molecule has 1 N–H and O–H groups in total. The van der Waals surface area contributed by atoms with E-state index in [1.807, 2.05) is 13.8 Å². The van der Waals surface area contributed by atoms with E-state index in [9.17, 15) is 22.8 Å². The van der Waals surface area contributed by atoms with E-state index in [1.165, 1.54) is 10.7 Å². The number of carbonyl (C=O) groups is 2. The zero-order chi connectivity index (χ0) is 33.2. The van der Waals surface area contributed by atoms with Crippen molar-refractivity contribution in [1.29, 1.82) is 0 Å². The lowest BCUT2D eigenvalue weighted by molar-refractivity contribution is -0.141. The normalized spacial score (nSPS) is 14.9. The van der Waals surface area contributed by atoms with Gasteiger partial charge in [0.1, 0.15) is 23.7 Å². The van der Waals surface area contributed by atoms with E-state index in [0.717, 1.165) is 12.1 Å². The van der Waals surface area contributed by atoms with Crippen molar-refractivity contribution in [3.05, 3.63) is 47.9 Å². The molecule has 0 unspecified atom stereocenters. The van der Waals surface area contributed by atoms with Gasteiger partial charge in [0.2, 0.25) is 5.91 Å². The zero-order valence-electron chi connectivity index (χ0n) is 26.9. The number of hydrogen-bond acceptors (Lipinski definition) is 7. The molecule has 10 nitrogen and oxygen atoms in total. The highest BCUT2D eigenvalue weighted by Gasteiger charge is 2.39. The number of carbonyl (C=O) groups excluding carboxylic acids is 2. The smallest absolute Gasteiger partial charge is 0.433 e. The number of halogens is 3. The Labute approximate surface area is 262 Å². The third kappa shape index (κ3) is 8.82. The Hall–Kier alpha value is -3.49. The summed E-state index contributed by atoms with van der Waals surface area (Å²) in [5, 5.41) is 7.86. The number of hydrogen-bond donors (Lipinski definition) is 1. The van der Waals surface area contributed by atoms with Crippen LogP contribution in [0.3, 0.4) is 0 Å². The molecule has 45 heavy (non-hydrogen) atoms. The molecule has 1 saturated heterocycles. The van der Waals surface area contributed by atoms with E-state index >= 15 is 0 Å². The lowest BCUT2D eigenvalue weighted by Crippen LogP contribution is -2.44. The first-order valence-electron chi connectivity index (χ1n) is 14.8. The topological polar surface area (TPSA) is 108 Å². The summed E-state index contributed by atoms with van der Waals surface area (Å²) in [5.74, 6) is -0.663. The average Bonchev–Trinajstić information content (AvgIpc) is 3.35. The van der Waals surface area contributed by atoms with Gasteiger partial charge in [0.15, 0.2) is 8.32 Å². The van der Waals surface area contributed by atoms with Gasteiger partial charge in [0, 0.05) is 42.8 Å².